The highest BCUT2D eigenvalue weighted by Crippen LogP contribution is 1.97. The maximum Gasteiger partial charge on any atom is 0.226 e. The maximum atomic E-state index is 11.2. The topological polar surface area (TPSA) is 64.3 Å². The van der Waals surface area contributed by atoms with E-state index in [4.69, 9.17) is 10.4 Å². The molecule has 4 nitrogen and oxygen atoms in total. The van der Waals surface area contributed by atoms with Crippen molar-refractivity contribution >= 4 is 5.91 Å². The average molecular weight is 170 g/mol. The Kier molecular flexibility index (Phi) is 5.06. The summed E-state index contributed by atoms with van der Waals surface area (Å²) in [5, 5.41) is 17.1. The predicted octanol–water partition coefficient (Wildman–Crippen LogP) is 0.129. The minimum Gasteiger partial charge on any atom is -0.378 e. The molecule has 0 heterocycles. The number of carbonyl (C=O) groups excluding carboxylic acids is 1. The highest BCUT2D eigenvalue weighted by molar-refractivity contribution is 5.76. The number of amides is 1. The zero-order valence-electron chi connectivity index (χ0n) is 7.45. The number of carbonyl (C=O) groups is 1. The van der Waals surface area contributed by atoms with Crippen molar-refractivity contribution in [1.82, 2.24) is 4.90 Å². The number of hydrogen-bond donors (Lipinski definition) is 1. The molecular weight excluding hydrogens is 156 g/mol. The van der Waals surface area contributed by atoms with Crippen LogP contribution in [-0.4, -0.2) is 35.1 Å². The molecule has 0 fully saturated rings. The lowest BCUT2D eigenvalue weighted by atomic mass is 10.2. The molecule has 0 radical (unpaired) electrons. The highest BCUT2D eigenvalue weighted by Gasteiger charge is 2.13. The van der Waals surface area contributed by atoms with Gasteiger partial charge in [0, 0.05) is 13.1 Å². The smallest absolute Gasteiger partial charge is 0.226 e. The lowest BCUT2D eigenvalue weighted by Gasteiger charge is -2.18. The molecule has 0 bridgehead atoms. The molecule has 1 atom stereocenters. The van der Waals surface area contributed by atoms with E-state index >= 15 is 0 Å². The number of rotatable bonds is 4. The highest BCUT2D eigenvalue weighted by atomic mass is 16.3. The zero-order chi connectivity index (χ0) is 9.56. The van der Waals surface area contributed by atoms with Crippen LogP contribution in [0.4, 0.5) is 0 Å². The van der Waals surface area contributed by atoms with Gasteiger partial charge >= 0.3 is 0 Å². The van der Waals surface area contributed by atoms with Gasteiger partial charge in [-0.2, -0.15) is 5.26 Å². The summed E-state index contributed by atoms with van der Waals surface area (Å²) in [6, 6.07) is 1.61. The third kappa shape index (κ3) is 3.35. The summed E-state index contributed by atoms with van der Waals surface area (Å²) in [7, 11) is 0. The van der Waals surface area contributed by atoms with E-state index in [1.165, 1.54) is 0 Å². The quantitative estimate of drug-likeness (QED) is 0.610. The van der Waals surface area contributed by atoms with Crippen molar-refractivity contribution < 1.29 is 9.90 Å². The number of aliphatic hydroxyl groups is 1. The van der Waals surface area contributed by atoms with Crippen molar-refractivity contribution in [2.45, 2.75) is 26.4 Å². The van der Waals surface area contributed by atoms with E-state index in [1.54, 1.807) is 11.0 Å². The summed E-state index contributed by atoms with van der Waals surface area (Å²) >= 11 is 0. The van der Waals surface area contributed by atoms with E-state index in [0.29, 0.717) is 13.1 Å². The fraction of sp³-hybridized carbons (Fsp3) is 0.750. The van der Waals surface area contributed by atoms with Gasteiger partial charge in [-0.25, -0.2) is 0 Å². The molecule has 0 aromatic heterocycles. The monoisotopic (exact) mass is 170 g/mol. The Morgan fingerprint density at radius 3 is 2.42 bits per heavy atom. The van der Waals surface area contributed by atoms with Crippen LogP contribution in [0.25, 0.3) is 0 Å². The van der Waals surface area contributed by atoms with Crippen molar-refractivity contribution in [2.24, 2.45) is 0 Å². The first-order chi connectivity index (χ1) is 5.65. The summed E-state index contributed by atoms with van der Waals surface area (Å²) in [6.45, 7) is 4.96. The Labute approximate surface area is 72.4 Å². The van der Waals surface area contributed by atoms with Crippen LogP contribution in [0.3, 0.4) is 0 Å². The van der Waals surface area contributed by atoms with Gasteiger partial charge in [-0.3, -0.25) is 4.79 Å². The van der Waals surface area contributed by atoms with E-state index in [9.17, 15) is 4.79 Å². The zero-order valence-corrected chi connectivity index (χ0v) is 7.45. The Hall–Kier alpha value is -1.08. The largest absolute Gasteiger partial charge is 0.378 e. The Morgan fingerprint density at radius 2 is 2.08 bits per heavy atom. The second-order valence-corrected chi connectivity index (χ2v) is 2.42. The second kappa shape index (κ2) is 5.56. The van der Waals surface area contributed by atoms with Gasteiger partial charge in [0.05, 0.1) is 12.5 Å². The van der Waals surface area contributed by atoms with E-state index in [2.05, 4.69) is 0 Å². The summed E-state index contributed by atoms with van der Waals surface area (Å²) < 4.78 is 0. The third-order valence-electron chi connectivity index (χ3n) is 1.63. The molecular formula is C8H14N2O2. The minimum atomic E-state index is -1.17. The van der Waals surface area contributed by atoms with Crippen LogP contribution in [0.15, 0.2) is 0 Å². The second-order valence-electron chi connectivity index (χ2n) is 2.42. The van der Waals surface area contributed by atoms with Crippen molar-refractivity contribution in [3.8, 4) is 6.07 Å². The molecule has 12 heavy (non-hydrogen) atoms. The van der Waals surface area contributed by atoms with Gasteiger partial charge in [0.25, 0.3) is 0 Å². The molecule has 0 rings (SSSR count). The summed E-state index contributed by atoms with van der Waals surface area (Å²) in [5.74, 6) is -0.172. The van der Waals surface area contributed by atoms with E-state index in [1.807, 2.05) is 13.8 Å². The van der Waals surface area contributed by atoms with Crippen molar-refractivity contribution in [2.75, 3.05) is 13.1 Å². The first-order valence-corrected chi connectivity index (χ1v) is 4.01. The Bertz CT molecular complexity index is 182. The number of nitrogens with zero attached hydrogens (tertiary/aromatic N) is 2. The van der Waals surface area contributed by atoms with Crippen LogP contribution in [0.5, 0.6) is 0 Å². The predicted molar refractivity (Wildman–Crippen MR) is 44.2 cm³/mol. The van der Waals surface area contributed by atoms with Gasteiger partial charge in [0.15, 0.2) is 0 Å². The van der Waals surface area contributed by atoms with Gasteiger partial charge in [0.2, 0.25) is 5.91 Å². The molecule has 0 aliphatic rings. The fourth-order valence-corrected chi connectivity index (χ4v) is 0.916. The van der Waals surface area contributed by atoms with Crippen LogP contribution < -0.4 is 0 Å². The maximum absolute atomic E-state index is 11.2. The number of hydrogen-bond acceptors (Lipinski definition) is 3. The average Bonchev–Trinajstić information content (AvgIpc) is 2.06. The SMILES string of the molecule is CCN(CC)C(=O)CC(O)C#N. The molecule has 0 aliphatic heterocycles. The molecule has 0 aromatic rings. The number of nitriles is 1. The van der Waals surface area contributed by atoms with Gasteiger partial charge in [-0.15, -0.1) is 0 Å². The van der Waals surface area contributed by atoms with Gasteiger partial charge < -0.3 is 10.0 Å². The van der Waals surface area contributed by atoms with Gasteiger partial charge in [-0.1, -0.05) is 0 Å². The summed E-state index contributed by atoms with van der Waals surface area (Å²) in [6.07, 6.45) is -1.27. The van der Waals surface area contributed by atoms with E-state index < -0.39 is 6.10 Å². The Balaban J connectivity index is 3.94. The minimum absolute atomic E-state index is 0.0990. The molecule has 0 saturated carbocycles. The first-order valence-electron chi connectivity index (χ1n) is 4.01. The summed E-state index contributed by atoms with van der Waals surface area (Å²) in [4.78, 5) is 12.8. The Morgan fingerprint density at radius 1 is 1.58 bits per heavy atom. The van der Waals surface area contributed by atoms with Crippen LogP contribution in [0.1, 0.15) is 20.3 Å². The summed E-state index contributed by atoms with van der Waals surface area (Å²) in [5.41, 5.74) is 0. The lowest BCUT2D eigenvalue weighted by molar-refractivity contribution is -0.132. The van der Waals surface area contributed by atoms with Gasteiger partial charge in [-0.05, 0) is 13.8 Å². The number of aliphatic hydroxyl groups excluding tert-OH is 1. The molecule has 0 aliphatic carbocycles. The van der Waals surface area contributed by atoms with Crippen molar-refractivity contribution in [1.29, 1.82) is 5.26 Å². The molecule has 1 amide bonds. The fourth-order valence-electron chi connectivity index (χ4n) is 0.916. The van der Waals surface area contributed by atoms with E-state index in [0.717, 1.165) is 0 Å². The van der Waals surface area contributed by atoms with E-state index in [-0.39, 0.29) is 12.3 Å². The normalized spacial score (nSPS) is 11.8. The lowest BCUT2D eigenvalue weighted by Crippen LogP contribution is -2.32. The van der Waals surface area contributed by atoms with Crippen LogP contribution in [0, 0.1) is 11.3 Å². The molecule has 0 spiro atoms. The molecule has 4 heteroatoms. The van der Waals surface area contributed by atoms with Crippen molar-refractivity contribution in [3.05, 3.63) is 0 Å². The van der Waals surface area contributed by atoms with Crippen LogP contribution >= 0.6 is 0 Å². The molecule has 1 unspecified atom stereocenters. The van der Waals surface area contributed by atoms with Crippen LogP contribution in [-0.2, 0) is 4.79 Å². The molecule has 0 saturated heterocycles. The van der Waals surface area contributed by atoms with Crippen molar-refractivity contribution in [3.63, 3.8) is 0 Å². The van der Waals surface area contributed by atoms with Gasteiger partial charge in [0.1, 0.15) is 6.10 Å². The molecule has 1 N–H and O–H groups in total. The standard InChI is InChI=1S/C8H14N2O2/c1-3-10(4-2)8(12)5-7(11)6-9/h7,11H,3-5H2,1-2H3. The molecule has 68 valence electrons. The third-order valence-corrected chi connectivity index (χ3v) is 1.63. The van der Waals surface area contributed by atoms with Crippen LogP contribution in [0.2, 0.25) is 0 Å². The molecule has 0 aromatic carbocycles. The first kappa shape index (κ1) is 10.9.